The lowest BCUT2D eigenvalue weighted by Crippen LogP contribution is -2.61. The average molecular weight is 511 g/mol. The molecule has 2 aliphatic heterocycles. The normalized spacial score (nSPS) is 38.1. The van der Waals surface area contributed by atoms with Gasteiger partial charge in [0, 0.05) is 6.61 Å². The van der Waals surface area contributed by atoms with E-state index in [0.717, 1.165) is 19.3 Å². The van der Waals surface area contributed by atoms with Crippen LogP contribution in [0.15, 0.2) is 0 Å². The van der Waals surface area contributed by atoms with E-state index in [4.69, 9.17) is 18.9 Å². The first-order valence-corrected chi connectivity index (χ1v) is 13.0. The smallest absolute Gasteiger partial charge is 0.186 e. The molecule has 10 atom stereocenters. The number of unbranched alkanes of at least 4 members (excludes halogenated alkanes) is 9. The third kappa shape index (κ3) is 9.42. The van der Waals surface area contributed by atoms with Gasteiger partial charge in [-0.2, -0.15) is 0 Å². The predicted molar refractivity (Wildman–Crippen MR) is 124 cm³/mol. The lowest BCUT2D eigenvalue weighted by atomic mass is 9.98. The van der Waals surface area contributed by atoms with Crippen molar-refractivity contribution in [2.45, 2.75) is 133 Å². The molecule has 0 aromatic heterocycles. The predicted octanol–water partition coefficient (Wildman–Crippen LogP) is -0.452. The third-order valence-electron chi connectivity index (χ3n) is 6.72. The van der Waals surface area contributed by atoms with Gasteiger partial charge in [0.25, 0.3) is 0 Å². The summed E-state index contributed by atoms with van der Waals surface area (Å²) in [6.07, 6.45) is -2.35. The summed E-state index contributed by atoms with van der Waals surface area (Å²) < 4.78 is 21.9. The Kier molecular flexibility index (Phi) is 14.4. The van der Waals surface area contributed by atoms with Gasteiger partial charge >= 0.3 is 0 Å². The van der Waals surface area contributed by atoms with Gasteiger partial charge in [0.05, 0.1) is 13.2 Å². The molecule has 208 valence electrons. The standard InChI is InChI=1S/C24H46O11/c1-2-3-4-5-6-7-8-9-10-11-12-32-23-21(30)20(29)18(27)16(35-23)14-33-24-22(31)19(28)17(26)15(13-25)34-24/h15-31H,2-14H2,1H3. The molecule has 0 amide bonds. The van der Waals surface area contributed by atoms with E-state index in [1.54, 1.807) is 0 Å². The zero-order valence-electron chi connectivity index (χ0n) is 20.7. The summed E-state index contributed by atoms with van der Waals surface area (Å²) in [4.78, 5) is 0. The molecule has 2 fully saturated rings. The van der Waals surface area contributed by atoms with Crippen LogP contribution in [0.1, 0.15) is 71.1 Å². The first-order chi connectivity index (χ1) is 16.8. The molecule has 2 aliphatic rings. The molecule has 0 radical (unpaired) electrons. The van der Waals surface area contributed by atoms with Gasteiger partial charge in [0.2, 0.25) is 0 Å². The van der Waals surface area contributed by atoms with Crippen LogP contribution in [0.3, 0.4) is 0 Å². The Bertz CT molecular complexity index is 552. The minimum Gasteiger partial charge on any atom is -0.394 e. The molecule has 0 spiro atoms. The topological polar surface area (TPSA) is 179 Å². The summed E-state index contributed by atoms with van der Waals surface area (Å²) in [5.41, 5.74) is 0. The molecule has 0 saturated carbocycles. The molecule has 0 aromatic carbocycles. The Morgan fingerprint density at radius 2 is 1.00 bits per heavy atom. The maximum atomic E-state index is 10.3. The number of hydrogen-bond donors (Lipinski definition) is 7. The van der Waals surface area contributed by atoms with Crippen molar-refractivity contribution in [3.05, 3.63) is 0 Å². The van der Waals surface area contributed by atoms with Crippen molar-refractivity contribution in [3.8, 4) is 0 Å². The van der Waals surface area contributed by atoms with E-state index in [9.17, 15) is 35.7 Å². The third-order valence-corrected chi connectivity index (χ3v) is 6.72. The highest BCUT2D eigenvalue weighted by molar-refractivity contribution is 4.91. The van der Waals surface area contributed by atoms with Crippen molar-refractivity contribution >= 4 is 0 Å². The molecule has 35 heavy (non-hydrogen) atoms. The first kappa shape index (κ1) is 30.8. The monoisotopic (exact) mass is 510 g/mol. The Hall–Kier alpha value is -0.440. The number of ether oxygens (including phenoxy) is 4. The highest BCUT2D eigenvalue weighted by atomic mass is 16.7. The van der Waals surface area contributed by atoms with Crippen molar-refractivity contribution in [2.24, 2.45) is 0 Å². The summed E-state index contributed by atoms with van der Waals surface area (Å²) in [6.45, 7) is 1.56. The zero-order valence-corrected chi connectivity index (χ0v) is 20.7. The van der Waals surface area contributed by atoms with Gasteiger partial charge in [-0.05, 0) is 6.42 Å². The van der Waals surface area contributed by atoms with Crippen molar-refractivity contribution in [3.63, 3.8) is 0 Å². The second kappa shape index (κ2) is 16.4. The zero-order chi connectivity index (χ0) is 25.8. The van der Waals surface area contributed by atoms with Gasteiger partial charge in [-0.1, -0.05) is 64.7 Å². The van der Waals surface area contributed by atoms with E-state index >= 15 is 0 Å². The number of aliphatic hydroxyl groups excluding tert-OH is 7. The van der Waals surface area contributed by atoms with Gasteiger partial charge in [-0.3, -0.25) is 0 Å². The van der Waals surface area contributed by atoms with Crippen molar-refractivity contribution in [1.29, 1.82) is 0 Å². The maximum Gasteiger partial charge on any atom is 0.186 e. The van der Waals surface area contributed by atoms with Crippen molar-refractivity contribution in [1.82, 2.24) is 0 Å². The van der Waals surface area contributed by atoms with Crippen LogP contribution >= 0.6 is 0 Å². The van der Waals surface area contributed by atoms with Gasteiger partial charge in [-0.15, -0.1) is 0 Å². The second-order valence-corrected chi connectivity index (χ2v) is 9.60. The summed E-state index contributed by atoms with van der Waals surface area (Å²) in [5.74, 6) is 0. The van der Waals surface area contributed by atoms with Crippen LogP contribution in [0.4, 0.5) is 0 Å². The molecule has 11 heteroatoms. The quantitative estimate of drug-likeness (QED) is 0.134. The van der Waals surface area contributed by atoms with E-state index in [1.165, 1.54) is 44.9 Å². The summed E-state index contributed by atoms with van der Waals surface area (Å²) >= 11 is 0. The van der Waals surface area contributed by atoms with Crippen LogP contribution in [0.25, 0.3) is 0 Å². The molecule has 2 rings (SSSR count). The Morgan fingerprint density at radius 1 is 0.543 bits per heavy atom. The molecule has 2 heterocycles. The van der Waals surface area contributed by atoms with Crippen LogP contribution in [0.5, 0.6) is 0 Å². The van der Waals surface area contributed by atoms with Crippen molar-refractivity contribution < 1.29 is 54.7 Å². The molecular weight excluding hydrogens is 464 g/mol. The van der Waals surface area contributed by atoms with E-state index in [2.05, 4.69) is 6.92 Å². The Balaban J connectivity index is 1.70. The fourth-order valence-corrected chi connectivity index (χ4v) is 4.38. The molecule has 10 unspecified atom stereocenters. The summed E-state index contributed by atoms with van der Waals surface area (Å²) in [6, 6.07) is 0. The fourth-order valence-electron chi connectivity index (χ4n) is 4.38. The largest absolute Gasteiger partial charge is 0.394 e. The summed E-state index contributed by atoms with van der Waals surface area (Å²) in [5, 5.41) is 69.7. The lowest BCUT2D eigenvalue weighted by molar-refractivity contribution is -0.331. The average Bonchev–Trinajstić information content (AvgIpc) is 2.86. The minimum absolute atomic E-state index is 0.321. The number of hydrogen-bond acceptors (Lipinski definition) is 11. The van der Waals surface area contributed by atoms with Gasteiger partial charge in [-0.25, -0.2) is 0 Å². The number of aliphatic hydroxyl groups is 7. The van der Waals surface area contributed by atoms with E-state index < -0.39 is 68.0 Å². The Morgan fingerprint density at radius 3 is 1.54 bits per heavy atom. The highest BCUT2D eigenvalue weighted by Crippen LogP contribution is 2.26. The van der Waals surface area contributed by atoms with Crippen LogP contribution in [-0.4, -0.2) is 117 Å². The second-order valence-electron chi connectivity index (χ2n) is 9.60. The first-order valence-electron chi connectivity index (χ1n) is 13.0. The molecule has 11 nitrogen and oxygen atoms in total. The maximum absolute atomic E-state index is 10.3. The summed E-state index contributed by atoms with van der Waals surface area (Å²) in [7, 11) is 0. The molecule has 7 N–H and O–H groups in total. The molecule has 0 aliphatic carbocycles. The SMILES string of the molecule is CCCCCCCCCCCCOC1OC(COC2OC(CO)C(O)C(O)C2O)C(O)C(O)C1O. The lowest BCUT2D eigenvalue weighted by Gasteiger charge is -2.42. The van der Waals surface area contributed by atoms with E-state index in [0.29, 0.717) is 6.61 Å². The van der Waals surface area contributed by atoms with Gasteiger partial charge in [0.1, 0.15) is 48.8 Å². The van der Waals surface area contributed by atoms with E-state index in [-0.39, 0.29) is 6.61 Å². The van der Waals surface area contributed by atoms with Gasteiger partial charge in [0.15, 0.2) is 12.6 Å². The van der Waals surface area contributed by atoms with Crippen LogP contribution in [0, 0.1) is 0 Å². The van der Waals surface area contributed by atoms with Crippen molar-refractivity contribution in [2.75, 3.05) is 19.8 Å². The van der Waals surface area contributed by atoms with Gasteiger partial charge < -0.3 is 54.7 Å². The molecule has 0 aromatic rings. The van der Waals surface area contributed by atoms with E-state index in [1.807, 2.05) is 0 Å². The highest BCUT2D eigenvalue weighted by Gasteiger charge is 2.47. The van der Waals surface area contributed by atoms with Crippen LogP contribution in [-0.2, 0) is 18.9 Å². The number of rotatable bonds is 16. The minimum atomic E-state index is -1.60. The molecule has 2 saturated heterocycles. The molecule has 0 bridgehead atoms. The van der Waals surface area contributed by atoms with Crippen LogP contribution in [0.2, 0.25) is 0 Å². The fraction of sp³-hybridized carbons (Fsp3) is 1.00. The van der Waals surface area contributed by atoms with Crippen LogP contribution < -0.4 is 0 Å². The Labute approximate surface area is 207 Å². The molecular formula is C24H46O11.